The van der Waals surface area contributed by atoms with E-state index in [4.69, 9.17) is 4.74 Å². The summed E-state index contributed by atoms with van der Waals surface area (Å²) < 4.78 is 6.24. The average Bonchev–Trinajstić information content (AvgIpc) is 2.70. The van der Waals surface area contributed by atoms with Gasteiger partial charge in [-0.2, -0.15) is 0 Å². The van der Waals surface area contributed by atoms with Crippen molar-refractivity contribution in [2.24, 2.45) is 5.92 Å². The minimum absolute atomic E-state index is 0.0217. The van der Waals surface area contributed by atoms with E-state index >= 15 is 0 Å². The molecule has 0 unspecified atom stereocenters. The summed E-state index contributed by atoms with van der Waals surface area (Å²) in [5, 5.41) is 3.01. The largest absolute Gasteiger partial charge is 0.490 e. The van der Waals surface area contributed by atoms with Gasteiger partial charge >= 0.3 is 0 Å². The van der Waals surface area contributed by atoms with Crippen LogP contribution >= 0.6 is 0 Å². The molecule has 1 N–H and O–H groups in total. The number of hydrogen-bond donors (Lipinski definition) is 1. The van der Waals surface area contributed by atoms with Crippen molar-refractivity contribution in [1.29, 1.82) is 0 Å². The van der Waals surface area contributed by atoms with Crippen molar-refractivity contribution in [2.45, 2.75) is 45.1 Å². The Labute approximate surface area is 171 Å². The third kappa shape index (κ3) is 4.58. The number of carbonyl (C=O) groups is 2. The molecule has 1 saturated carbocycles. The molecule has 29 heavy (non-hydrogen) atoms. The lowest BCUT2D eigenvalue weighted by Crippen LogP contribution is -2.41. The molecule has 152 valence electrons. The summed E-state index contributed by atoms with van der Waals surface area (Å²) in [6, 6.07) is 9.40. The first-order chi connectivity index (χ1) is 14.1. The van der Waals surface area contributed by atoms with Crippen LogP contribution in [0.1, 0.15) is 48.0 Å². The first-order valence-corrected chi connectivity index (χ1v) is 10.4. The molecular weight excluding hydrogens is 366 g/mol. The Balaban J connectivity index is 1.33. The van der Waals surface area contributed by atoms with E-state index in [1.54, 1.807) is 24.5 Å². The number of aromatic nitrogens is 1. The van der Waals surface area contributed by atoms with Gasteiger partial charge in [0.15, 0.2) is 0 Å². The van der Waals surface area contributed by atoms with Gasteiger partial charge in [-0.25, -0.2) is 0 Å². The first kappa shape index (κ1) is 19.4. The van der Waals surface area contributed by atoms with Crippen molar-refractivity contribution < 1.29 is 14.3 Å². The fourth-order valence-electron chi connectivity index (χ4n) is 3.75. The van der Waals surface area contributed by atoms with E-state index in [-0.39, 0.29) is 23.8 Å². The Hall–Kier alpha value is -2.89. The van der Waals surface area contributed by atoms with Gasteiger partial charge in [-0.1, -0.05) is 12.5 Å². The molecule has 2 amide bonds. The molecule has 4 rings (SSSR count). The van der Waals surface area contributed by atoms with Crippen LogP contribution in [0, 0.1) is 12.8 Å². The molecule has 2 fully saturated rings. The molecule has 1 aliphatic heterocycles. The van der Waals surface area contributed by atoms with Gasteiger partial charge < -0.3 is 15.0 Å². The van der Waals surface area contributed by atoms with Crippen LogP contribution in [0.4, 0.5) is 5.69 Å². The molecule has 1 aromatic carbocycles. The number of rotatable bonds is 5. The highest BCUT2D eigenvalue weighted by Crippen LogP contribution is 2.30. The zero-order valence-corrected chi connectivity index (χ0v) is 16.8. The zero-order valence-electron chi connectivity index (χ0n) is 16.8. The van der Waals surface area contributed by atoms with E-state index in [9.17, 15) is 9.59 Å². The molecule has 0 spiro atoms. The van der Waals surface area contributed by atoms with Crippen LogP contribution in [0.25, 0.3) is 0 Å². The van der Waals surface area contributed by atoms with Crippen molar-refractivity contribution in [3.63, 3.8) is 0 Å². The Kier molecular flexibility index (Phi) is 5.79. The Bertz CT molecular complexity index is 872. The van der Waals surface area contributed by atoms with Gasteiger partial charge in [-0.05, 0) is 43.5 Å². The summed E-state index contributed by atoms with van der Waals surface area (Å²) in [7, 11) is 0. The first-order valence-electron chi connectivity index (χ1n) is 10.4. The number of anilines is 1. The van der Waals surface area contributed by atoms with E-state index in [1.165, 1.54) is 0 Å². The van der Waals surface area contributed by atoms with E-state index < -0.39 is 0 Å². The van der Waals surface area contributed by atoms with Gasteiger partial charge in [0.2, 0.25) is 5.91 Å². The van der Waals surface area contributed by atoms with E-state index in [2.05, 4.69) is 10.3 Å². The molecule has 1 aliphatic carbocycles. The fraction of sp³-hybridized carbons (Fsp3) is 0.435. The summed E-state index contributed by atoms with van der Waals surface area (Å²) >= 11 is 0. The van der Waals surface area contributed by atoms with Gasteiger partial charge in [0.1, 0.15) is 11.9 Å². The van der Waals surface area contributed by atoms with Crippen molar-refractivity contribution >= 4 is 17.5 Å². The number of nitrogens with one attached hydrogen (secondary N) is 1. The van der Waals surface area contributed by atoms with Gasteiger partial charge in [0.25, 0.3) is 5.91 Å². The Morgan fingerprint density at radius 2 is 1.93 bits per heavy atom. The topological polar surface area (TPSA) is 71.5 Å². The summed E-state index contributed by atoms with van der Waals surface area (Å²) in [5.74, 6) is 1.08. The molecule has 2 aromatic rings. The van der Waals surface area contributed by atoms with Gasteiger partial charge in [-0.3, -0.25) is 14.6 Å². The van der Waals surface area contributed by atoms with Crippen LogP contribution in [-0.4, -0.2) is 40.9 Å². The fourth-order valence-corrected chi connectivity index (χ4v) is 3.75. The lowest BCUT2D eigenvalue weighted by atomic mass is 9.85. The third-order valence-corrected chi connectivity index (χ3v) is 5.86. The second-order valence-electron chi connectivity index (χ2n) is 7.95. The highest BCUT2D eigenvalue weighted by Gasteiger charge is 2.26. The molecule has 1 saturated heterocycles. The van der Waals surface area contributed by atoms with Crippen LogP contribution in [0.2, 0.25) is 0 Å². The number of carbonyl (C=O) groups excluding carboxylic acids is 2. The van der Waals surface area contributed by atoms with Gasteiger partial charge in [0, 0.05) is 56.0 Å². The molecule has 6 nitrogen and oxygen atoms in total. The van der Waals surface area contributed by atoms with E-state index in [1.807, 2.05) is 30.0 Å². The number of aryl methyl sites for hydroxylation is 1. The molecule has 0 radical (unpaired) electrons. The summed E-state index contributed by atoms with van der Waals surface area (Å²) in [6.07, 6.45) is 8.01. The van der Waals surface area contributed by atoms with Crippen molar-refractivity contribution in [3.05, 3.63) is 53.9 Å². The van der Waals surface area contributed by atoms with Crippen LogP contribution in [-0.2, 0) is 4.79 Å². The predicted molar refractivity (Wildman–Crippen MR) is 111 cm³/mol. The van der Waals surface area contributed by atoms with Crippen LogP contribution in [0.3, 0.4) is 0 Å². The maximum atomic E-state index is 12.6. The molecule has 0 atom stereocenters. The number of benzene rings is 1. The normalized spacial score (nSPS) is 17.5. The molecule has 6 heteroatoms. The number of amides is 2. The van der Waals surface area contributed by atoms with Gasteiger partial charge in [-0.15, -0.1) is 0 Å². The minimum Gasteiger partial charge on any atom is -0.490 e. The summed E-state index contributed by atoms with van der Waals surface area (Å²) in [4.78, 5) is 30.6. The standard InChI is InChI=1S/C23H27N3O3/c1-16-7-8-19(25-22(27)17-4-2-5-17)14-21(16)29-20-9-12-26(13-10-20)23(28)18-6-3-11-24-15-18/h3,6-8,11,14-15,17,20H,2,4-5,9-10,12-13H2,1H3,(H,25,27). The van der Waals surface area contributed by atoms with Gasteiger partial charge in [0.05, 0.1) is 5.56 Å². The average molecular weight is 393 g/mol. The van der Waals surface area contributed by atoms with Crippen LogP contribution < -0.4 is 10.1 Å². The molecule has 0 bridgehead atoms. The Morgan fingerprint density at radius 1 is 1.14 bits per heavy atom. The number of hydrogen-bond acceptors (Lipinski definition) is 4. The van der Waals surface area contributed by atoms with Crippen molar-refractivity contribution in [3.8, 4) is 5.75 Å². The van der Waals surface area contributed by atoms with E-state index in [0.29, 0.717) is 18.7 Å². The number of nitrogens with zero attached hydrogens (tertiary/aromatic N) is 2. The third-order valence-electron chi connectivity index (χ3n) is 5.86. The second-order valence-corrected chi connectivity index (χ2v) is 7.95. The highest BCUT2D eigenvalue weighted by atomic mass is 16.5. The van der Waals surface area contributed by atoms with Crippen LogP contribution in [0.5, 0.6) is 5.75 Å². The Morgan fingerprint density at radius 3 is 2.59 bits per heavy atom. The lowest BCUT2D eigenvalue weighted by molar-refractivity contribution is -0.122. The monoisotopic (exact) mass is 393 g/mol. The van der Waals surface area contributed by atoms with Crippen LogP contribution in [0.15, 0.2) is 42.7 Å². The maximum absolute atomic E-state index is 12.6. The molecule has 2 aliphatic rings. The lowest BCUT2D eigenvalue weighted by Gasteiger charge is -2.32. The summed E-state index contributed by atoms with van der Waals surface area (Å²) in [6.45, 7) is 3.33. The number of likely N-dealkylation sites (tertiary alicyclic amines) is 1. The molecule has 1 aromatic heterocycles. The number of ether oxygens (including phenoxy) is 1. The maximum Gasteiger partial charge on any atom is 0.255 e. The molecular formula is C23H27N3O3. The highest BCUT2D eigenvalue weighted by molar-refractivity contribution is 5.94. The smallest absolute Gasteiger partial charge is 0.255 e. The van der Waals surface area contributed by atoms with E-state index in [0.717, 1.165) is 49.1 Å². The SMILES string of the molecule is Cc1ccc(NC(=O)C2CCC2)cc1OC1CCN(C(=O)c2cccnc2)CC1. The minimum atomic E-state index is 0.0217. The van der Waals surface area contributed by atoms with Crippen molar-refractivity contribution in [1.82, 2.24) is 9.88 Å². The molecule has 2 heterocycles. The number of piperidine rings is 1. The quantitative estimate of drug-likeness (QED) is 0.838. The predicted octanol–water partition coefficient (Wildman–Crippen LogP) is 3.81. The number of pyridine rings is 1. The summed E-state index contributed by atoms with van der Waals surface area (Å²) in [5.41, 5.74) is 2.45. The zero-order chi connectivity index (χ0) is 20.2. The second kappa shape index (κ2) is 8.64. The van der Waals surface area contributed by atoms with Crippen molar-refractivity contribution in [2.75, 3.05) is 18.4 Å².